The maximum absolute atomic E-state index is 10.6. The van der Waals surface area contributed by atoms with Gasteiger partial charge in [-0.05, 0) is 19.0 Å². The van der Waals surface area contributed by atoms with Gasteiger partial charge >= 0.3 is 5.69 Å². The first-order valence-corrected chi connectivity index (χ1v) is 4.95. The van der Waals surface area contributed by atoms with Crippen molar-refractivity contribution in [1.29, 1.82) is 0 Å². The Hall–Kier alpha value is -1.82. The zero-order valence-electron chi connectivity index (χ0n) is 9.10. The number of hydrogen-bond acceptors (Lipinski definition) is 5. The van der Waals surface area contributed by atoms with E-state index >= 15 is 0 Å². The van der Waals surface area contributed by atoms with Gasteiger partial charge in [0.25, 0.3) is 0 Å². The van der Waals surface area contributed by atoms with E-state index in [-0.39, 0.29) is 11.4 Å². The Balaban J connectivity index is 2.78. The lowest BCUT2D eigenvalue weighted by Crippen LogP contribution is -2.08. The third-order valence-corrected chi connectivity index (χ3v) is 2.09. The number of rotatable bonds is 6. The van der Waals surface area contributed by atoms with Gasteiger partial charge in [-0.1, -0.05) is 0 Å². The fourth-order valence-electron chi connectivity index (χ4n) is 1.27. The molecular weight excluding hydrogens is 210 g/mol. The number of nitro benzene ring substituents is 1. The summed E-state index contributed by atoms with van der Waals surface area (Å²) in [4.78, 5) is 10.2. The van der Waals surface area contributed by atoms with E-state index in [0.29, 0.717) is 6.54 Å². The third-order valence-electron chi connectivity index (χ3n) is 2.09. The van der Waals surface area contributed by atoms with Crippen molar-refractivity contribution >= 4 is 11.4 Å². The van der Waals surface area contributed by atoms with Crippen LogP contribution in [0.2, 0.25) is 0 Å². The van der Waals surface area contributed by atoms with Crippen LogP contribution in [0.15, 0.2) is 18.2 Å². The molecule has 0 aliphatic carbocycles. The van der Waals surface area contributed by atoms with Gasteiger partial charge in [0.15, 0.2) is 5.75 Å². The Morgan fingerprint density at radius 1 is 1.56 bits per heavy atom. The quantitative estimate of drug-likeness (QED) is 0.433. The Bertz CT molecular complexity index is 368. The number of methoxy groups -OCH3 is 1. The van der Waals surface area contributed by atoms with Gasteiger partial charge in [-0.15, -0.1) is 0 Å². The molecule has 1 aromatic carbocycles. The minimum Gasteiger partial charge on any atom is -0.490 e. The van der Waals surface area contributed by atoms with Crippen molar-refractivity contribution in [3.63, 3.8) is 0 Å². The molecule has 3 N–H and O–H groups in total. The van der Waals surface area contributed by atoms with Gasteiger partial charge in [0, 0.05) is 24.4 Å². The number of hydrogen-bond donors (Lipinski definition) is 2. The van der Waals surface area contributed by atoms with Crippen LogP contribution in [0.5, 0.6) is 5.75 Å². The summed E-state index contributed by atoms with van der Waals surface area (Å²) < 4.78 is 4.95. The smallest absolute Gasteiger partial charge is 0.311 e. The number of ether oxygens (including phenoxy) is 1. The second kappa shape index (κ2) is 5.92. The number of nitrogens with zero attached hydrogens (tertiary/aromatic N) is 1. The molecule has 1 aromatic rings. The number of nitro groups is 1. The molecule has 0 fully saturated rings. The lowest BCUT2D eigenvalue weighted by molar-refractivity contribution is -0.385. The molecule has 16 heavy (non-hydrogen) atoms. The molecule has 0 heterocycles. The predicted molar refractivity (Wildman–Crippen MR) is 61.8 cm³/mol. The lowest BCUT2D eigenvalue weighted by atomic mass is 10.2. The maximum Gasteiger partial charge on any atom is 0.311 e. The summed E-state index contributed by atoms with van der Waals surface area (Å²) in [6.07, 6.45) is 0.847. The molecule has 0 saturated heterocycles. The van der Waals surface area contributed by atoms with Crippen LogP contribution in [0.4, 0.5) is 11.4 Å². The van der Waals surface area contributed by atoms with Gasteiger partial charge < -0.3 is 15.8 Å². The van der Waals surface area contributed by atoms with Crippen LogP contribution < -0.4 is 15.8 Å². The Morgan fingerprint density at radius 3 is 2.88 bits per heavy atom. The topological polar surface area (TPSA) is 90.4 Å². The molecule has 0 aliphatic rings. The molecule has 0 bridgehead atoms. The minimum absolute atomic E-state index is 0.0353. The van der Waals surface area contributed by atoms with Gasteiger partial charge in [0.05, 0.1) is 12.0 Å². The Labute approximate surface area is 93.5 Å². The van der Waals surface area contributed by atoms with Gasteiger partial charge in [0.2, 0.25) is 0 Å². The highest BCUT2D eigenvalue weighted by Crippen LogP contribution is 2.29. The average molecular weight is 225 g/mol. The molecule has 88 valence electrons. The Kier molecular flexibility index (Phi) is 4.53. The minimum atomic E-state index is -0.470. The van der Waals surface area contributed by atoms with E-state index in [9.17, 15) is 10.1 Å². The standard InChI is InChI=1S/C10H15N3O3/c1-16-10-7-8(12-6-2-5-11)3-4-9(10)13(14)15/h3-4,7,12H,2,5-6,11H2,1H3. The van der Waals surface area contributed by atoms with Gasteiger partial charge in [-0.25, -0.2) is 0 Å². The molecule has 1 rings (SSSR count). The molecule has 6 nitrogen and oxygen atoms in total. The molecule has 0 spiro atoms. The SMILES string of the molecule is COc1cc(NCCCN)ccc1[N+](=O)[O-]. The van der Waals surface area contributed by atoms with Gasteiger partial charge in [0.1, 0.15) is 0 Å². The number of anilines is 1. The first kappa shape index (κ1) is 12.3. The molecule has 6 heteroatoms. The van der Waals surface area contributed by atoms with E-state index in [2.05, 4.69) is 5.32 Å². The van der Waals surface area contributed by atoms with Crippen LogP contribution >= 0.6 is 0 Å². The van der Waals surface area contributed by atoms with Gasteiger partial charge in [-0.2, -0.15) is 0 Å². The average Bonchev–Trinajstić information content (AvgIpc) is 2.29. The van der Waals surface area contributed by atoms with Crippen LogP contribution in [0.25, 0.3) is 0 Å². The van der Waals surface area contributed by atoms with E-state index in [1.165, 1.54) is 13.2 Å². The molecule has 0 amide bonds. The lowest BCUT2D eigenvalue weighted by Gasteiger charge is -2.07. The van der Waals surface area contributed by atoms with Crippen molar-refractivity contribution < 1.29 is 9.66 Å². The summed E-state index contributed by atoms with van der Waals surface area (Å²) in [5.41, 5.74) is 6.11. The highest BCUT2D eigenvalue weighted by atomic mass is 16.6. The monoisotopic (exact) mass is 225 g/mol. The predicted octanol–water partition coefficient (Wildman–Crippen LogP) is 1.36. The normalized spacial score (nSPS) is 9.88. The van der Waals surface area contributed by atoms with E-state index in [1.807, 2.05) is 0 Å². The van der Waals surface area contributed by atoms with Crippen LogP contribution in [0, 0.1) is 10.1 Å². The zero-order valence-corrected chi connectivity index (χ0v) is 9.10. The molecule has 0 aliphatic heterocycles. The fourth-order valence-corrected chi connectivity index (χ4v) is 1.27. The highest BCUT2D eigenvalue weighted by Gasteiger charge is 2.14. The van der Waals surface area contributed by atoms with Crippen molar-refractivity contribution in [3.05, 3.63) is 28.3 Å². The van der Waals surface area contributed by atoms with Crippen LogP contribution in [-0.4, -0.2) is 25.1 Å². The van der Waals surface area contributed by atoms with E-state index < -0.39 is 4.92 Å². The van der Waals surface area contributed by atoms with E-state index in [0.717, 1.165) is 18.7 Å². The van der Waals surface area contributed by atoms with E-state index in [4.69, 9.17) is 10.5 Å². The largest absolute Gasteiger partial charge is 0.490 e. The number of benzene rings is 1. The maximum atomic E-state index is 10.6. The second-order valence-electron chi connectivity index (χ2n) is 3.21. The summed E-state index contributed by atoms with van der Waals surface area (Å²) in [6, 6.07) is 4.68. The summed E-state index contributed by atoms with van der Waals surface area (Å²) >= 11 is 0. The van der Waals surface area contributed by atoms with E-state index in [1.54, 1.807) is 12.1 Å². The van der Waals surface area contributed by atoms with Crippen LogP contribution in [0.3, 0.4) is 0 Å². The van der Waals surface area contributed by atoms with Crippen molar-refractivity contribution in [2.24, 2.45) is 5.73 Å². The van der Waals surface area contributed by atoms with Crippen molar-refractivity contribution in [2.75, 3.05) is 25.5 Å². The van der Waals surface area contributed by atoms with Crippen molar-refractivity contribution in [3.8, 4) is 5.75 Å². The third kappa shape index (κ3) is 3.09. The second-order valence-corrected chi connectivity index (χ2v) is 3.21. The molecule has 0 unspecified atom stereocenters. The molecular formula is C10H15N3O3. The summed E-state index contributed by atoms with van der Waals surface area (Å²) in [5.74, 6) is 0.253. The summed E-state index contributed by atoms with van der Waals surface area (Å²) in [6.45, 7) is 1.34. The molecule has 0 atom stereocenters. The zero-order chi connectivity index (χ0) is 12.0. The molecule has 0 saturated carbocycles. The highest BCUT2D eigenvalue weighted by molar-refractivity contribution is 5.57. The molecule has 0 aromatic heterocycles. The molecule has 0 radical (unpaired) electrons. The summed E-state index contributed by atoms with van der Waals surface area (Å²) in [7, 11) is 1.41. The summed E-state index contributed by atoms with van der Waals surface area (Å²) in [5, 5.41) is 13.7. The fraction of sp³-hybridized carbons (Fsp3) is 0.400. The number of nitrogens with one attached hydrogen (secondary N) is 1. The first-order valence-electron chi connectivity index (χ1n) is 4.95. The first-order chi connectivity index (χ1) is 7.69. The number of nitrogens with two attached hydrogens (primary N) is 1. The Morgan fingerprint density at radius 2 is 2.31 bits per heavy atom. The van der Waals surface area contributed by atoms with Crippen LogP contribution in [0.1, 0.15) is 6.42 Å². The van der Waals surface area contributed by atoms with Gasteiger partial charge in [-0.3, -0.25) is 10.1 Å². The van der Waals surface area contributed by atoms with Crippen molar-refractivity contribution in [1.82, 2.24) is 0 Å². The van der Waals surface area contributed by atoms with Crippen LogP contribution in [-0.2, 0) is 0 Å². The van der Waals surface area contributed by atoms with Crippen molar-refractivity contribution in [2.45, 2.75) is 6.42 Å².